The molecule has 3 heterocycles. The van der Waals surface area contributed by atoms with E-state index in [0.717, 1.165) is 31.9 Å². The molecule has 3 aromatic rings. The van der Waals surface area contributed by atoms with E-state index >= 15 is 0 Å². The molecule has 30 heavy (non-hydrogen) atoms. The summed E-state index contributed by atoms with van der Waals surface area (Å²) in [6, 6.07) is 6.86. The van der Waals surface area contributed by atoms with Crippen LogP contribution in [0.3, 0.4) is 0 Å². The number of fused-ring (bicyclic) bond motifs is 1. The minimum absolute atomic E-state index is 0.0663. The fourth-order valence-corrected chi connectivity index (χ4v) is 3.89. The standard InChI is InChI=1S/C20H23F3N6O/c1-2-29-15(10-11-24-29)19(30)26-14-8-6-13(7-9-14)25-17-4-3-5-18-27-16(12-28(17)18)20(21,22)23/h3-5,10-14,25H,2,6-9H2,1H3,(H,26,30). The Hall–Kier alpha value is -3.04. The van der Waals surface area contributed by atoms with Crippen molar-refractivity contribution in [3.63, 3.8) is 0 Å². The van der Waals surface area contributed by atoms with Crippen LogP contribution in [0.4, 0.5) is 19.0 Å². The number of hydrogen-bond donors (Lipinski definition) is 2. The molecule has 160 valence electrons. The molecule has 0 unspecified atom stereocenters. The molecule has 0 aliphatic heterocycles. The van der Waals surface area contributed by atoms with Crippen molar-refractivity contribution in [2.45, 2.75) is 57.4 Å². The van der Waals surface area contributed by atoms with E-state index in [1.807, 2.05) is 6.92 Å². The van der Waals surface area contributed by atoms with Crippen molar-refractivity contribution in [2.75, 3.05) is 5.32 Å². The van der Waals surface area contributed by atoms with E-state index in [9.17, 15) is 18.0 Å². The van der Waals surface area contributed by atoms with Crippen LogP contribution in [0.15, 0.2) is 36.7 Å². The van der Waals surface area contributed by atoms with Gasteiger partial charge >= 0.3 is 6.18 Å². The van der Waals surface area contributed by atoms with Gasteiger partial charge < -0.3 is 10.6 Å². The second kappa shape index (κ2) is 8.00. The Balaban J connectivity index is 1.37. The highest BCUT2D eigenvalue weighted by atomic mass is 19.4. The summed E-state index contributed by atoms with van der Waals surface area (Å²) in [5.74, 6) is 0.448. The Morgan fingerprint density at radius 1 is 1.17 bits per heavy atom. The average molecular weight is 420 g/mol. The van der Waals surface area contributed by atoms with Gasteiger partial charge in [-0.2, -0.15) is 18.3 Å². The lowest BCUT2D eigenvalue weighted by atomic mass is 9.91. The number of carbonyl (C=O) groups excluding carboxylic acids is 1. The van der Waals surface area contributed by atoms with E-state index in [0.29, 0.717) is 18.1 Å². The van der Waals surface area contributed by atoms with Gasteiger partial charge in [0.05, 0.1) is 0 Å². The monoisotopic (exact) mass is 420 g/mol. The van der Waals surface area contributed by atoms with Gasteiger partial charge in [-0.3, -0.25) is 13.9 Å². The third-order valence-electron chi connectivity index (χ3n) is 5.45. The number of amides is 1. The molecule has 0 radical (unpaired) electrons. The largest absolute Gasteiger partial charge is 0.434 e. The van der Waals surface area contributed by atoms with Crippen molar-refractivity contribution in [3.05, 3.63) is 48.0 Å². The van der Waals surface area contributed by atoms with Gasteiger partial charge in [0, 0.05) is 31.0 Å². The lowest BCUT2D eigenvalue weighted by Gasteiger charge is -2.30. The summed E-state index contributed by atoms with van der Waals surface area (Å²) in [6.45, 7) is 2.56. The Morgan fingerprint density at radius 3 is 2.60 bits per heavy atom. The Morgan fingerprint density at radius 2 is 1.90 bits per heavy atom. The van der Waals surface area contributed by atoms with Crippen LogP contribution in [0.25, 0.3) is 5.65 Å². The van der Waals surface area contributed by atoms with Crippen molar-refractivity contribution >= 4 is 17.4 Å². The van der Waals surface area contributed by atoms with E-state index in [1.165, 1.54) is 4.40 Å². The molecule has 0 spiro atoms. The van der Waals surface area contributed by atoms with E-state index in [1.54, 1.807) is 35.1 Å². The first-order chi connectivity index (χ1) is 14.3. The third kappa shape index (κ3) is 4.12. The van der Waals surface area contributed by atoms with Crippen LogP contribution in [0.2, 0.25) is 0 Å². The Bertz CT molecular complexity index is 1030. The first-order valence-corrected chi connectivity index (χ1v) is 9.99. The van der Waals surface area contributed by atoms with Crippen molar-refractivity contribution < 1.29 is 18.0 Å². The summed E-state index contributed by atoms with van der Waals surface area (Å²) in [4.78, 5) is 16.1. The summed E-state index contributed by atoms with van der Waals surface area (Å²) < 4.78 is 42.0. The maximum Gasteiger partial charge on any atom is 0.434 e. The fraction of sp³-hybridized carbons (Fsp3) is 0.450. The maximum atomic E-state index is 13.0. The van der Waals surface area contributed by atoms with E-state index in [4.69, 9.17) is 0 Å². The number of nitrogens with one attached hydrogen (secondary N) is 2. The molecule has 0 aromatic carbocycles. The predicted molar refractivity (Wildman–Crippen MR) is 105 cm³/mol. The Kier molecular flexibility index (Phi) is 5.40. The van der Waals surface area contributed by atoms with E-state index in [2.05, 4.69) is 20.7 Å². The van der Waals surface area contributed by atoms with Crippen LogP contribution in [-0.4, -0.2) is 37.2 Å². The molecule has 1 fully saturated rings. The van der Waals surface area contributed by atoms with Crippen LogP contribution in [0, 0.1) is 0 Å². The zero-order valence-electron chi connectivity index (χ0n) is 16.5. The van der Waals surface area contributed by atoms with Gasteiger partial charge in [0.25, 0.3) is 5.91 Å². The SMILES string of the molecule is CCn1nccc1C(=O)NC1CCC(Nc2cccc3nc(C(F)(F)F)cn23)CC1. The van der Waals surface area contributed by atoms with Crippen LogP contribution < -0.4 is 10.6 Å². The summed E-state index contributed by atoms with van der Waals surface area (Å²) >= 11 is 0. The first kappa shape index (κ1) is 20.2. The summed E-state index contributed by atoms with van der Waals surface area (Å²) in [5, 5.41) is 10.5. The van der Waals surface area contributed by atoms with Crippen LogP contribution in [0.1, 0.15) is 48.8 Å². The normalized spacial score (nSPS) is 19.7. The number of nitrogens with zero attached hydrogens (tertiary/aromatic N) is 4. The van der Waals surface area contributed by atoms with Crippen molar-refractivity contribution in [1.29, 1.82) is 0 Å². The van der Waals surface area contributed by atoms with E-state index < -0.39 is 11.9 Å². The zero-order valence-corrected chi connectivity index (χ0v) is 16.5. The number of anilines is 1. The zero-order chi connectivity index (χ0) is 21.3. The van der Waals surface area contributed by atoms with Gasteiger partial charge in [0.2, 0.25) is 0 Å². The number of alkyl halides is 3. The molecule has 0 atom stereocenters. The van der Waals surface area contributed by atoms with Gasteiger partial charge in [0.15, 0.2) is 5.69 Å². The highest BCUT2D eigenvalue weighted by Crippen LogP contribution is 2.30. The highest BCUT2D eigenvalue weighted by molar-refractivity contribution is 5.92. The van der Waals surface area contributed by atoms with Gasteiger partial charge in [-0.25, -0.2) is 4.98 Å². The van der Waals surface area contributed by atoms with E-state index in [-0.39, 0.29) is 23.6 Å². The number of imidazole rings is 1. The Labute approximate surface area is 171 Å². The predicted octanol–water partition coefficient (Wildman–Crippen LogP) is 3.72. The number of hydrogen-bond acceptors (Lipinski definition) is 4. The van der Waals surface area contributed by atoms with Crippen molar-refractivity contribution in [3.8, 4) is 0 Å². The van der Waals surface area contributed by atoms with Gasteiger partial charge in [-0.05, 0) is 50.8 Å². The number of carbonyl (C=O) groups is 1. The first-order valence-electron chi connectivity index (χ1n) is 9.99. The molecule has 7 nitrogen and oxygen atoms in total. The molecule has 4 rings (SSSR count). The van der Waals surface area contributed by atoms with Crippen molar-refractivity contribution in [2.24, 2.45) is 0 Å². The number of pyridine rings is 1. The quantitative estimate of drug-likeness (QED) is 0.660. The topological polar surface area (TPSA) is 76.2 Å². The van der Waals surface area contributed by atoms with Crippen molar-refractivity contribution in [1.82, 2.24) is 24.5 Å². The second-order valence-electron chi connectivity index (χ2n) is 7.46. The molecule has 1 amide bonds. The molecule has 1 aliphatic carbocycles. The lowest BCUT2D eigenvalue weighted by Crippen LogP contribution is -2.41. The molecule has 2 N–H and O–H groups in total. The van der Waals surface area contributed by atoms with Gasteiger partial charge in [0.1, 0.15) is 17.2 Å². The molecule has 1 saturated carbocycles. The van der Waals surface area contributed by atoms with Gasteiger partial charge in [-0.1, -0.05) is 6.07 Å². The minimum Gasteiger partial charge on any atom is -0.368 e. The number of halogens is 3. The number of aryl methyl sites for hydroxylation is 1. The number of aromatic nitrogens is 4. The molecular formula is C20H23F3N6O. The molecule has 0 saturated heterocycles. The molecule has 10 heteroatoms. The summed E-state index contributed by atoms with van der Waals surface area (Å²) in [5.41, 5.74) is -0.111. The maximum absolute atomic E-state index is 13.0. The number of rotatable bonds is 5. The van der Waals surface area contributed by atoms with Crippen LogP contribution in [0.5, 0.6) is 0 Å². The summed E-state index contributed by atoms with van der Waals surface area (Å²) in [7, 11) is 0. The molecular weight excluding hydrogens is 397 g/mol. The average Bonchev–Trinajstić information content (AvgIpc) is 3.36. The fourth-order valence-electron chi connectivity index (χ4n) is 3.89. The van der Waals surface area contributed by atoms with Crippen LogP contribution >= 0.6 is 0 Å². The third-order valence-corrected chi connectivity index (χ3v) is 5.45. The minimum atomic E-state index is -4.48. The second-order valence-corrected chi connectivity index (χ2v) is 7.46. The van der Waals surface area contributed by atoms with Crippen LogP contribution in [-0.2, 0) is 12.7 Å². The highest BCUT2D eigenvalue weighted by Gasteiger charge is 2.34. The summed E-state index contributed by atoms with van der Waals surface area (Å²) in [6.07, 6.45) is 1.33. The molecule has 0 bridgehead atoms. The van der Waals surface area contributed by atoms with Gasteiger partial charge in [-0.15, -0.1) is 0 Å². The smallest absolute Gasteiger partial charge is 0.368 e. The lowest BCUT2D eigenvalue weighted by molar-refractivity contribution is -0.140. The molecule has 3 aromatic heterocycles. The molecule has 1 aliphatic rings.